The summed E-state index contributed by atoms with van der Waals surface area (Å²) in [5.74, 6) is 1.69. The van der Waals surface area contributed by atoms with E-state index in [1.165, 1.54) is 0 Å². The van der Waals surface area contributed by atoms with Crippen LogP contribution in [0.1, 0.15) is 5.56 Å². The lowest BCUT2D eigenvalue weighted by Crippen LogP contribution is -2.49. The first-order valence-electron chi connectivity index (χ1n) is 8.78. The fourth-order valence-corrected chi connectivity index (χ4v) is 3.22. The minimum atomic E-state index is 0.138. The second-order valence-corrected chi connectivity index (χ2v) is 6.83. The Morgan fingerprint density at radius 3 is 2.30 bits per heavy atom. The minimum Gasteiger partial charge on any atom is -0.352 e. The van der Waals surface area contributed by atoms with Crippen molar-refractivity contribution in [3.8, 4) is 5.82 Å². The maximum atomic E-state index is 12.5. The number of rotatable bonds is 4. The van der Waals surface area contributed by atoms with Crippen LogP contribution in [-0.2, 0) is 11.2 Å². The zero-order chi connectivity index (χ0) is 18.6. The number of hydrogen-bond acceptors (Lipinski definition) is 5. The van der Waals surface area contributed by atoms with Crippen LogP contribution >= 0.6 is 11.6 Å². The molecule has 1 aliphatic rings. The molecule has 2 aromatic heterocycles. The molecule has 1 aliphatic heterocycles. The number of piperazine rings is 1. The van der Waals surface area contributed by atoms with Crippen LogP contribution < -0.4 is 4.90 Å². The van der Waals surface area contributed by atoms with Crippen LogP contribution in [0.5, 0.6) is 0 Å². The third-order valence-electron chi connectivity index (χ3n) is 4.63. The van der Waals surface area contributed by atoms with E-state index in [1.807, 2.05) is 52.1 Å². The second kappa shape index (κ2) is 7.75. The van der Waals surface area contributed by atoms with Gasteiger partial charge in [0.05, 0.1) is 6.42 Å². The molecule has 27 heavy (non-hydrogen) atoms. The van der Waals surface area contributed by atoms with Crippen molar-refractivity contribution in [1.82, 2.24) is 24.6 Å². The molecule has 0 unspecified atom stereocenters. The lowest BCUT2D eigenvalue weighted by molar-refractivity contribution is -0.130. The van der Waals surface area contributed by atoms with Gasteiger partial charge in [-0.1, -0.05) is 23.7 Å². The van der Waals surface area contributed by atoms with Gasteiger partial charge in [0.25, 0.3) is 0 Å². The van der Waals surface area contributed by atoms with Crippen LogP contribution in [0.2, 0.25) is 5.02 Å². The number of benzene rings is 1. The molecule has 0 spiro atoms. The minimum absolute atomic E-state index is 0.138. The molecule has 0 bridgehead atoms. The third-order valence-corrected chi connectivity index (χ3v) is 4.88. The van der Waals surface area contributed by atoms with Gasteiger partial charge in [0, 0.05) is 43.6 Å². The number of hydrogen-bond donors (Lipinski definition) is 0. The van der Waals surface area contributed by atoms with Crippen LogP contribution in [0.25, 0.3) is 5.82 Å². The van der Waals surface area contributed by atoms with Gasteiger partial charge in [-0.25, -0.2) is 4.98 Å². The molecule has 4 rings (SSSR count). The molecule has 8 heteroatoms. The monoisotopic (exact) mass is 382 g/mol. The molecule has 138 valence electrons. The Balaban J connectivity index is 1.33. The number of carbonyl (C=O) groups is 1. The normalized spacial score (nSPS) is 14.4. The molecule has 1 saturated heterocycles. The van der Waals surface area contributed by atoms with E-state index in [-0.39, 0.29) is 5.91 Å². The maximum absolute atomic E-state index is 12.5. The lowest BCUT2D eigenvalue weighted by Gasteiger charge is -2.35. The Labute approximate surface area is 162 Å². The summed E-state index contributed by atoms with van der Waals surface area (Å²) in [6, 6.07) is 11.3. The molecule has 1 amide bonds. The van der Waals surface area contributed by atoms with Crippen LogP contribution in [0.4, 0.5) is 5.82 Å². The van der Waals surface area contributed by atoms with E-state index in [4.69, 9.17) is 11.6 Å². The zero-order valence-electron chi connectivity index (χ0n) is 14.7. The van der Waals surface area contributed by atoms with E-state index in [2.05, 4.69) is 20.1 Å². The van der Waals surface area contributed by atoms with Gasteiger partial charge in [0.15, 0.2) is 11.6 Å². The highest BCUT2D eigenvalue weighted by atomic mass is 35.5. The second-order valence-electron chi connectivity index (χ2n) is 6.39. The number of amides is 1. The van der Waals surface area contributed by atoms with Crippen LogP contribution in [-0.4, -0.2) is 56.7 Å². The Morgan fingerprint density at radius 2 is 1.67 bits per heavy atom. The molecule has 0 N–H and O–H groups in total. The molecule has 3 aromatic rings. The van der Waals surface area contributed by atoms with Gasteiger partial charge >= 0.3 is 0 Å². The SMILES string of the molecule is O=C(Cc1ccc(Cl)cc1)N1CCN(c2ccc(-n3ccnc3)nn2)CC1. The van der Waals surface area contributed by atoms with E-state index < -0.39 is 0 Å². The quantitative estimate of drug-likeness (QED) is 0.692. The van der Waals surface area contributed by atoms with Crippen LogP contribution in [0, 0.1) is 0 Å². The number of anilines is 1. The summed E-state index contributed by atoms with van der Waals surface area (Å²) >= 11 is 5.89. The van der Waals surface area contributed by atoms with E-state index in [1.54, 1.807) is 12.5 Å². The predicted molar refractivity (Wildman–Crippen MR) is 103 cm³/mol. The number of carbonyl (C=O) groups excluding carboxylic acids is 1. The van der Waals surface area contributed by atoms with E-state index >= 15 is 0 Å². The highest BCUT2D eigenvalue weighted by Crippen LogP contribution is 2.16. The molecular formula is C19H19ClN6O. The van der Waals surface area contributed by atoms with Gasteiger partial charge in [0.1, 0.15) is 6.33 Å². The first kappa shape index (κ1) is 17.5. The predicted octanol–water partition coefficient (Wildman–Crippen LogP) is 2.21. The highest BCUT2D eigenvalue weighted by Gasteiger charge is 2.22. The van der Waals surface area contributed by atoms with Crippen molar-refractivity contribution in [1.29, 1.82) is 0 Å². The summed E-state index contributed by atoms with van der Waals surface area (Å²) in [5.41, 5.74) is 0.979. The van der Waals surface area contributed by atoms with Crippen molar-refractivity contribution in [3.63, 3.8) is 0 Å². The number of nitrogens with zero attached hydrogens (tertiary/aromatic N) is 6. The van der Waals surface area contributed by atoms with Crippen LogP contribution in [0.15, 0.2) is 55.1 Å². The van der Waals surface area contributed by atoms with Crippen molar-refractivity contribution < 1.29 is 4.79 Å². The van der Waals surface area contributed by atoms with E-state index in [0.717, 1.165) is 30.3 Å². The fourth-order valence-electron chi connectivity index (χ4n) is 3.09. The molecule has 1 aromatic carbocycles. The highest BCUT2D eigenvalue weighted by molar-refractivity contribution is 6.30. The average Bonchev–Trinajstić information content (AvgIpc) is 3.25. The number of halogens is 1. The summed E-state index contributed by atoms with van der Waals surface area (Å²) < 4.78 is 1.81. The topological polar surface area (TPSA) is 67.2 Å². The van der Waals surface area contributed by atoms with Gasteiger partial charge in [-0.3, -0.25) is 9.36 Å². The summed E-state index contributed by atoms with van der Waals surface area (Å²) in [6.07, 6.45) is 5.62. The lowest BCUT2D eigenvalue weighted by atomic mass is 10.1. The Kier molecular flexibility index (Phi) is 5.02. The fraction of sp³-hybridized carbons (Fsp3) is 0.263. The van der Waals surface area contributed by atoms with E-state index in [0.29, 0.717) is 24.5 Å². The molecule has 0 saturated carbocycles. The molecular weight excluding hydrogens is 364 g/mol. The first-order valence-corrected chi connectivity index (χ1v) is 9.16. The van der Waals surface area contributed by atoms with Gasteiger partial charge in [-0.15, -0.1) is 10.2 Å². The van der Waals surface area contributed by atoms with Crippen molar-refractivity contribution in [3.05, 3.63) is 65.7 Å². The van der Waals surface area contributed by atoms with Crippen molar-refractivity contribution in [2.24, 2.45) is 0 Å². The van der Waals surface area contributed by atoms with Crippen molar-refractivity contribution in [2.75, 3.05) is 31.1 Å². The van der Waals surface area contributed by atoms with Crippen molar-refractivity contribution in [2.45, 2.75) is 6.42 Å². The van der Waals surface area contributed by atoms with Gasteiger partial charge in [-0.2, -0.15) is 0 Å². The number of aromatic nitrogens is 4. The third kappa shape index (κ3) is 4.09. The van der Waals surface area contributed by atoms with Gasteiger partial charge in [0.2, 0.25) is 5.91 Å². The Bertz CT molecular complexity index is 887. The molecule has 0 atom stereocenters. The smallest absolute Gasteiger partial charge is 0.227 e. The first-order chi connectivity index (χ1) is 13.2. The van der Waals surface area contributed by atoms with Crippen LogP contribution in [0.3, 0.4) is 0 Å². The van der Waals surface area contributed by atoms with E-state index in [9.17, 15) is 4.79 Å². The summed E-state index contributed by atoms with van der Waals surface area (Å²) in [6.45, 7) is 2.84. The zero-order valence-corrected chi connectivity index (χ0v) is 15.5. The molecule has 1 fully saturated rings. The summed E-state index contributed by atoms with van der Waals surface area (Å²) in [5, 5.41) is 9.25. The Hall–Kier alpha value is -2.93. The standard InChI is InChI=1S/C19H19ClN6O/c20-16-3-1-15(2-4-16)13-19(27)25-11-9-24(10-12-25)17-5-6-18(23-22-17)26-8-7-21-14-26/h1-8,14H,9-13H2. The van der Waals surface area contributed by atoms with Crippen molar-refractivity contribution >= 4 is 23.3 Å². The molecule has 0 radical (unpaired) electrons. The number of imidazole rings is 1. The molecule has 3 heterocycles. The largest absolute Gasteiger partial charge is 0.352 e. The summed E-state index contributed by atoms with van der Waals surface area (Å²) in [7, 11) is 0. The average molecular weight is 383 g/mol. The molecule has 7 nitrogen and oxygen atoms in total. The van der Waals surface area contributed by atoms with Gasteiger partial charge < -0.3 is 9.80 Å². The summed E-state index contributed by atoms with van der Waals surface area (Å²) in [4.78, 5) is 20.6. The molecule has 0 aliphatic carbocycles. The van der Waals surface area contributed by atoms with Gasteiger partial charge in [-0.05, 0) is 29.8 Å². The maximum Gasteiger partial charge on any atom is 0.227 e. The Morgan fingerprint density at radius 1 is 0.963 bits per heavy atom.